The highest BCUT2D eigenvalue weighted by atomic mass is 19.1. The molecule has 0 amide bonds. The van der Waals surface area contributed by atoms with E-state index in [2.05, 4.69) is 18.9 Å². The van der Waals surface area contributed by atoms with E-state index in [1.807, 2.05) is 0 Å². The SMILES string of the molecule is COCc1nn2cc3c(nc2c1-c1ccc(F)cc1)CC(C)(C)CC3=O. The van der Waals surface area contributed by atoms with Crippen LogP contribution in [0, 0.1) is 11.2 Å². The van der Waals surface area contributed by atoms with Gasteiger partial charge in [-0.3, -0.25) is 4.79 Å². The number of rotatable bonds is 3. The molecule has 0 fully saturated rings. The first kappa shape index (κ1) is 16.8. The van der Waals surface area contributed by atoms with Crippen LogP contribution in [0.4, 0.5) is 4.39 Å². The van der Waals surface area contributed by atoms with Crippen LogP contribution in [0.25, 0.3) is 16.8 Å². The van der Waals surface area contributed by atoms with Gasteiger partial charge < -0.3 is 4.74 Å². The van der Waals surface area contributed by atoms with Crippen LogP contribution in [-0.2, 0) is 17.8 Å². The normalized spacial score (nSPS) is 16.1. The largest absolute Gasteiger partial charge is 0.378 e. The monoisotopic (exact) mass is 353 g/mol. The van der Waals surface area contributed by atoms with Gasteiger partial charge in [-0.15, -0.1) is 0 Å². The Balaban J connectivity index is 1.96. The van der Waals surface area contributed by atoms with Gasteiger partial charge in [0, 0.05) is 19.7 Å². The first-order valence-corrected chi connectivity index (χ1v) is 8.57. The fraction of sp³-hybridized carbons (Fsp3) is 0.350. The summed E-state index contributed by atoms with van der Waals surface area (Å²) in [7, 11) is 1.60. The number of carbonyl (C=O) groups is 1. The number of hydrogen-bond donors (Lipinski definition) is 0. The molecular weight excluding hydrogens is 333 g/mol. The van der Waals surface area contributed by atoms with Gasteiger partial charge in [0.25, 0.3) is 0 Å². The highest BCUT2D eigenvalue weighted by molar-refractivity contribution is 5.98. The van der Waals surface area contributed by atoms with Crippen molar-refractivity contribution in [3.63, 3.8) is 0 Å². The topological polar surface area (TPSA) is 56.5 Å². The van der Waals surface area contributed by atoms with Gasteiger partial charge in [-0.2, -0.15) is 5.10 Å². The summed E-state index contributed by atoms with van der Waals surface area (Å²) in [6.07, 6.45) is 3.00. The molecule has 0 spiro atoms. The Hall–Kier alpha value is -2.60. The molecule has 0 saturated carbocycles. The lowest BCUT2D eigenvalue weighted by Crippen LogP contribution is -2.28. The van der Waals surface area contributed by atoms with Crippen LogP contribution in [0.15, 0.2) is 30.5 Å². The minimum Gasteiger partial charge on any atom is -0.378 e. The first-order valence-electron chi connectivity index (χ1n) is 8.57. The molecule has 26 heavy (non-hydrogen) atoms. The average molecular weight is 353 g/mol. The van der Waals surface area contributed by atoms with Crippen molar-refractivity contribution in [1.29, 1.82) is 0 Å². The van der Waals surface area contributed by atoms with Crippen LogP contribution in [-0.4, -0.2) is 27.5 Å². The number of carbonyl (C=O) groups excluding carboxylic acids is 1. The van der Waals surface area contributed by atoms with Crippen molar-refractivity contribution in [3.8, 4) is 11.1 Å². The van der Waals surface area contributed by atoms with Crippen LogP contribution in [0.2, 0.25) is 0 Å². The summed E-state index contributed by atoms with van der Waals surface area (Å²) < 4.78 is 20.3. The van der Waals surface area contributed by atoms with Crippen molar-refractivity contribution in [2.75, 3.05) is 7.11 Å². The van der Waals surface area contributed by atoms with E-state index in [0.717, 1.165) is 23.2 Å². The van der Waals surface area contributed by atoms with Crippen LogP contribution in [0.1, 0.15) is 42.0 Å². The lowest BCUT2D eigenvalue weighted by molar-refractivity contribution is 0.0909. The van der Waals surface area contributed by atoms with Crippen molar-refractivity contribution in [2.24, 2.45) is 5.41 Å². The van der Waals surface area contributed by atoms with E-state index >= 15 is 0 Å². The zero-order valence-corrected chi connectivity index (χ0v) is 15.0. The number of nitrogens with zero attached hydrogens (tertiary/aromatic N) is 3. The number of ketones is 1. The summed E-state index contributed by atoms with van der Waals surface area (Å²) in [6.45, 7) is 4.46. The van der Waals surface area contributed by atoms with Crippen LogP contribution < -0.4 is 0 Å². The maximum Gasteiger partial charge on any atom is 0.166 e. The van der Waals surface area contributed by atoms with Gasteiger partial charge >= 0.3 is 0 Å². The summed E-state index contributed by atoms with van der Waals surface area (Å²) in [5.74, 6) is -0.200. The van der Waals surface area contributed by atoms with E-state index in [-0.39, 0.29) is 17.0 Å². The summed E-state index contributed by atoms with van der Waals surface area (Å²) in [5, 5.41) is 4.56. The van der Waals surface area contributed by atoms with Crippen LogP contribution in [0.5, 0.6) is 0 Å². The zero-order chi connectivity index (χ0) is 18.5. The van der Waals surface area contributed by atoms with Crippen molar-refractivity contribution in [2.45, 2.75) is 33.3 Å². The third-order valence-corrected chi connectivity index (χ3v) is 4.76. The molecule has 1 aliphatic rings. The Morgan fingerprint density at radius 2 is 1.96 bits per heavy atom. The second-order valence-corrected chi connectivity index (χ2v) is 7.57. The predicted molar refractivity (Wildman–Crippen MR) is 95.5 cm³/mol. The van der Waals surface area contributed by atoms with Gasteiger partial charge in [-0.1, -0.05) is 26.0 Å². The predicted octanol–water partition coefficient (Wildman–Crippen LogP) is 3.84. The van der Waals surface area contributed by atoms with Gasteiger partial charge in [0.2, 0.25) is 0 Å². The maximum absolute atomic E-state index is 13.3. The van der Waals surface area contributed by atoms with Crippen molar-refractivity contribution >= 4 is 11.4 Å². The number of hydrogen-bond acceptors (Lipinski definition) is 4. The highest BCUT2D eigenvalue weighted by Crippen LogP contribution is 2.36. The molecular formula is C20H20FN3O2. The summed E-state index contributed by atoms with van der Waals surface area (Å²) in [4.78, 5) is 17.3. The molecule has 0 atom stereocenters. The van der Waals surface area contributed by atoms with E-state index < -0.39 is 0 Å². The molecule has 2 heterocycles. The molecule has 134 valence electrons. The molecule has 0 aliphatic heterocycles. The second kappa shape index (κ2) is 5.99. The van der Waals surface area contributed by atoms with E-state index in [1.54, 1.807) is 30.0 Å². The molecule has 2 aromatic heterocycles. The Labute approximate surface area is 150 Å². The highest BCUT2D eigenvalue weighted by Gasteiger charge is 2.33. The van der Waals surface area contributed by atoms with Gasteiger partial charge in [-0.05, 0) is 29.5 Å². The summed E-state index contributed by atoms with van der Waals surface area (Å²) in [6, 6.07) is 6.25. The Bertz CT molecular complexity index is 1010. The molecule has 1 aliphatic carbocycles. The minimum atomic E-state index is -0.295. The van der Waals surface area contributed by atoms with Crippen LogP contribution >= 0.6 is 0 Å². The van der Waals surface area contributed by atoms with E-state index in [4.69, 9.17) is 9.72 Å². The smallest absolute Gasteiger partial charge is 0.166 e. The maximum atomic E-state index is 13.3. The number of aromatic nitrogens is 3. The summed E-state index contributed by atoms with van der Waals surface area (Å²) >= 11 is 0. The number of methoxy groups -OCH3 is 1. The van der Waals surface area contributed by atoms with Gasteiger partial charge in [0.05, 0.1) is 29.1 Å². The number of ether oxygens (including phenoxy) is 1. The Kier molecular flexibility index (Phi) is 3.88. The molecule has 4 rings (SSSR count). The lowest BCUT2D eigenvalue weighted by Gasteiger charge is -2.29. The fourth-order valence-corrected chi connectivity index (χ4v) is 3.62. The molecule has 5 nitrogen and oxygen atoms in total. The molecule has 0 N–H and O–H groups in total. The summed E-state index contributed by atoms with van der Waals surface area (Å²) in [5.41, 5.74) is 4.32. The molecule has 0 bridgehead atoms. The van der Waals surface area contributed by atoms with E-state index in [9.17, 15) is 9.18 Å². The molecule has 3 aromatic rings. The zero-order valence-electron chi connectivity index (χ0n) is 15.0. The van der Waals surface area contributed by atoms with Gasteiger partial charge in [-0.25, -0.2) is 13.9 Å². The van der Waals surface area contributed by atoms with E-state index in [1.165, 1.54) is 12.1 Å². The molecule has 0 saturated heterocycles. The van der Waals surface area contributed by atoms with Gasteiger partial charge in [0.15, 0.2) is 11.4 Å². The molecule has 0 unspecified atom stereocenters. The Morgan fingerprint density at radius 1 is 1.23 bits per heavy atom. The molecule has 0 radical (unpaired) electrons. The average Bonchev–Trinajstić information content (AvgIpc) is 2.90. The Morgan fingerprint density at radius 3 is 2.65 bits per heavy atom. The number of benzene rings is 1. The van der Waals surface area contributed by atoms with Crippen molar-refractivity contribution < 1.29 is 13.9 Å². The lowest BCUT2D eigenvalue weighted by atomic mass is 9.76. The number of fused-ring (bicyclic) bond motifs is 2. The fourth-order valence-electron chi connectivity index (χ4n) is 3.62. The molecule has 6 heteroatoms. The van der Waals surface area contributed by atoms with Crippen molar-refractivity contribution in [1.82, 2.24) is 14.6 Å². The number of halogens is 1. The number of Topliss-reactive ketones (excluding diaryl/α,β-unsaturated/α-hetero) is 1. The third-order valence-electron chi connectivity index (χ3n) is 4.76. The quantitative estimate of drug-likeness (QED) is 0.718. The minimum absolute atomic E-state index is 0.0952. The molecule has 1 aromatic carbocycles. The van der Waals surface area contributed by atoms with E-state index in [0.29, 0.717) is 29.9 Å². The van der Waals surface area contributed by atoms with Crippen LogP contribution in [0.3, 0.4) is 0 Å². The van der Waals surface area contributed by atoms with Gasteiger partial charge in [0.1, 0.15) is 5.82 Å². The standard InChI is InChI=1S/C20H20FN3O2/c1-20(2)8-15-14(17(25)9-20)10-24-19(22-15)18(16(23-24)11-26-3)12-4-6-13(21)7-5-12/h4-7,10H,8-9,11H2,1-3H3. The third kappa shape index (κ3) is 2.80. The van der Waals surface area contributed by atoms with Crippen molar-refractivity contribution in [3.05, 3.63) is 53.2 Å². The first-order chi connectivity index (χ1) is 12.4. The second-order valence-electron chi connectivity index (χ2n) is 7.57.